The van der Waals surface area contributed by atoms with Crippen molar-refractivity contribution in [3.05, 3.63) is 11.6 Å². The third-order valence-electron chi connectivity index (χ3n) is 1.61. The molecule has 4 N–H and O–H groups in total. The molecule has 11 heavy (non-hydrogen) atoms. The lowest BCUT2D eigenvalue weighted by Crippen LogP contribution is -2.25. The summed E-state index contributed by atoms with van der Waals surface area (Å²) in [4.78, 5) is 3.97. The maximum absolute atomic E-state index is 8.89. The first-order valence-electron chi connectivity index (χ1n) is 3.51. The molecule has 0 saturated carbocycles. The molecule has 0 spiro atoms. The Balaban J connectivity index is 2.53. The zero-order chi connectivity index (χ0) is 8.27. The van der Waals surface area contributed by atoms with Crippen molar-refractivity contribution >= 4 is 6.21 Å². The van der Waals surface area contributed by atoms with E-state index in [0.29, 0.717) is 12.0 Å². The molecule has 0 saturated heterocycles. The summed E-state index contributed by atoms with van der Waals surface area (Å²) in [5.41, 5.74) is 5.81. The van der Waals surface area contributed by atoms with Gasteiger partial charge in [-0.25, -0.2) is 0 Å². The molecule has 4 heteroatoms. The second-order valence-electron chi connectivity index (χ2n) is 2.50. The van der Waals surface area contributed by atoms with E-state index in [1.54, 1.807) is 6.08 Å². The topological polar surface area (TPSA) is 78.8 Å². The standard InChI is InChI=1S/C7H12N2O2/c8-7(11)5-1-2-6(4-10)9-3-5/h1,3,6-7,10-11H,2,4,8H2. The molecule has 0 aromatic rings. The van der Waals surface area contributed by atoms with Gasteiger partial charge in [0.25, 0.3) is 0 Å². The largest absolute Gasteiger partial charge is 0.394 e. The quantitative estimate of drug-likeness (QED) is 0.450. The molecule has 0 fully saturated rings. The number of aliphatic hydroxyl groups is 2. The molecule has 0 aromatic carbocycles. The SMILES string of the molecule is NC(O)C1=CCC(CO)N=C1. The monoisotopic (exact) mass is 156 g/mol. The average Bonchev–Trinajstić information content (AvgIpc) is 2.05. The van der Waals surface area contributed by atoms with Crippen molar-refractivity contribution in [1.29, 1.82) is 0 Å². The van der Waals surface area contributed by atoms with Gasteiger partial charge >= 0.3 is 0 Å². The maximum Gasteiger partial charge on any atom is 0.129 e. The highest BCUT2D eigenvalue weighted by molar-refractivity contribution is 5.80. The summed E-state index contributed by atoms with van der Waals surface area (Å²) < 4.78 is 0. The summed E-state index contributed by atoms with van der Waals surface area (Å²) in [6, 6.07) is -0.0579. The summed E-state index contributed by atoms with van der Waals surface area (Å²) in [5, 5.41) is 17.6. The van der Waals surface area contributed by atoms with Crippen molar-refractivity contribution < 1.29 is 10.2 Å². The average molecular weight is 156 g/mol. The van der Waals surface area contributed by atoms with E-state index in [2.05, 4.69) is 4.99 Å². The Morgan fingerprint density at radius 1 is 1.82 bits per heavy atom. The van der Waals surface area contributed by atoms with Crippen LogP contribution < -0.4 is 5.73 Å². The van der Waals surface area contributed by atoms with Crippen LogP contribution in [-0.4, -0.2) is 35.3 Å². The predicted molar refractivity (Wildman–Crippen MR) is 42.3 cm³/mol. The van der Waals surface area contributed by atoms with Gasteiger partial charge in [0.15, 0.2) is 0 Å². The van der Waals surface area contributed by atoms with E-state index in [-0.39, 0.29) is 12.6 Å². The normalized spacial score (nSPS) is 26.5. The van der Waals surface area contributed by atoms with E-state index in [1.165, 1.54) is 6.21 Å². The fraction of sp³-hybridized carbons (Fsp3) is 0.571. The van der Waals surface area contributed by atoms with E-state index in [4.69, 9.17) is 15.9 Å². The molecule has 2 atom stereocenters. The number of nitrogens with zero attached hydrogens (tertiary/aromatic N) is 1. The van der Waals surface area contributed by atoms with E-state index in [9.17, 15) is 0 Å². The molecular formula is C7H12N2O2. The minimum absolute atomic E-state index is 0.0426. The second kappa shape index (κ2) is 3.61. The van der Waals surface area contributed by atoms with Gasteiger partial charge in [-0.15, -0.1) is 0 Å². The van der Waals surface area contributed by atoms with E-state index >= 15 is 0 Å². The van der Waals surface area contributed by atoms with Crippen LogP contribution in [0.5, 0.6) is 0 Å². The summed E-state index contributed by atoms with van der Waals surface area (Å²) in [6.07, 6.45) is 3.00. The number of aliphatic hydroxyl groups excluding tert-OH is 2. The molecule has 1 rings (SSSR count). The van der Waals surface area contributed by atoms with Crippen LogP contribution in [0.15, 0.2) is 16.6 Å². The number of nitrogens with two attached hydrogens (primary N) is 1. The van der Waals surface area contributed by atoms with Crippen LogP contribution in [-0.2, 0) is 0 Å². The fourth-order valence-corrected chi connectivity index (χ4v) is 0.896. The van der Waals surface area contributed by atoms with Crippen LogP contribution >= 0.6 is 0 Å². The van der Waals surface area contributed by atoms with Crippen molar-refractivity contribution in [1.82, 2.24) is 0 Å². The highest BCUT2D eigenvalue weighted by Gasteiger charge is 2.10. The molecule has 1 aliphatic rings. The van der Waals surface area contributed by atoms with Crippen LogP contribution in [0.25, 0.3) is 0 Å². The van der Waals surface area contributed by atoms with Gasteiger partial charge in [0.05, 0.1) is 12.6 Å². The number of hydrogen-bond donors (Lipinski definition) is 3. The smallest absolute Gasteiger partial charge is 0.129 e. The highest BCUT2D eigenvalue weighted by Crippen LogP contribution is 2.08. The summed E-state index contributed by atoms with van der Waals surface area (Å²) >= 11 is 0. The van der Waals surface area contributed by atoms with Crippen molar-refractivity contribution in [2.24, 2.45) is 10.7 Å². The molecule has 62 valence electrons. The van der Waals surface area contributed by atoms with E-state index in [1.807, 2.05) is 0 Å². The molecule has 0 amide bonds. The van der Waals surface area contributed by atoms with E-state index in [0.717, 1.165) is 0 Å². The first-order valence-corrected chi connectivity index (χ1v) is 3.51. The van der Waals surface area contributed by atoms with Gasteiger partial charge in [0, 0.05) is 11.8 Å². The van der Waals surface area contributed by atoms with Gasteiger partial charge < -0.3 is 15.9 Å². The van der Waals surface area contributed by atoms with Gasteiger partial charge in [-0.05, 0) is 6.42 Å². The van der Waals surface area contributed by atoms with Crippen LogP contribution in [0.4, 0.5) is 0 Å². The molecule has 0 bridgehead atoms. The van der Waals surface area contributed by atoms with Crippen molar-refractivity contribution in [3.8, 4) is 0 Å². The molecule has 0 radical (unpaired) electrons. The number of aliphatic imine (C=N–C) groups is 1. The Morgan fingerprint density at radius 2 is 2.55 bits per heavy atom. The van der Waals surface area contributed by atoms with Gasteiger partial charge in [-0.1, -0.05) is 6.08 Å². The molecule has 1 heterocycles. The molecule has 0 aliphatic carbocycles. The van der Waals surface area contributed by atoms with E-state index < -0.39 is 6.23 Å². The zero-order valence-electron chi connectivity index (χ0n) is 6.14. The van der Waals surface area contributed by atoms with Gasteiger partial charge in [-0.3, -0.25) is 4.99 Å². The number of hydrogen-bond acceptors (Lipinski definition) is 4. The van der Waals surface area contributed by atoms with Gasteiger partial charge in [0.1, 0.15) is 6.23 Å². The second-order valence-corrected chi connectivity index (χ2v) is 2.50. The lowest BCUT2D eigenvalue weighted by molar-refractivity contribution is 0.223. The third kappa shape index (κ3) is 2.11. The predicted octanol–water partition coefficient (Wildman–Crippen LogP) is -0.975. The van der Waals surface area contributed by atoms with Crippen LogP contribution in [0.2, 0.25) is 0 Å². The third-order valence-corrected chi connectivity index (χ3v) is 1.61. The summed E-state index contributed by atoms with van der Waals surface area (Å²) in [5.74, 6) is 0. The van der Waals surface area contributed by atoms with Crippen LogP contribution in [0.1, 0.15) is 6.42 Å². The van der Waals surface area contributed by atoms with Gasteiger partial charge in [0.2, 0.25) is 0 Å². The summed E-state index contributed by atoms with van der Waals surface area (Å²) in [6.45, 7) is 0.0426. The first kappa shape index (κ1) is 8.39. The van der Waals surface area contributed by atoms with Crippen molar-refractivity contribution in [2.75, 3.05) is 6.61 Å². The number of dihydropyridines is 1. The Morgan fingerprint density at radius 3 is 2.91 bits per heavy atom. The molecule has 1 aliphatic heterocycles. The minimum atomic E-state index is -0.946. The lowest BCUT2D eigenvalue weighted by Gasteiger charge is -2.14. The first-order chi connectivity index (χ1) is 5.24. The summed E-state index contributed by atoms with van der Waals surface area (Å²) in [7, 11) is 0. The molecule has 2 unspecified atom stereocenters. The number of rotatable bonds is 2. The molecular weight excluding hydrogens is 144 g/mol. The Kier molecular flexibility index (Phi) is 2.76. The maximum atomic E-state index is 8.89. The van der Waals surface area contributed by atoms with Crippen molar-refractivity contribution in [3.63, 3.8) is 0 Å². The van der Waals surface area contributed by atoms with Crippen molar-refractivity contribution in [2.45, 2.75) is 18.7 Å². The Bertz CT molecular complexity index is 187. The minimum Gasteiger partial charge on any atom is -0.394 e. The Labute approximate surface area is 65.1 Å². The van der Waals surface area contributed by atoms with Crippen LogP contribution in [0.3, 0.4) is 0 Å². The Hall–Kier alpha value is -0.710. The zero-order valence-corrected chi connectivity index (χ0v) is 6.14. The highest BCUT2D eigenvalue weighted by atomic mass is 16.3. The van der Waals surface area contributed by atoms with Gasteiger partial charge in [-0.2, -0.15) is 0 Å². The lowest BCUT2D eigenvalue weighted by atomic mass is 10.1. The fourth-order valence-electron chi connectivity index (χ4n) is 0.896. The molecule has 4 nitrogen and oxygen atoms in total. The molecule has 0 aromatic heterocycles. The van der Waals surface area contributed by atoms with Crippen LogP contribution in [0, 0.1) is 0 Å².